The highest BCUT2D eigenvalue weighted by Crippen LogP contribution is 2.23. The van der Waals surface area contributed by atoms with E-state index in [0.29, 0.717) is 27.5 Å². The summed E-state index contributed by atoms with van der Waals surface area (Å²) in [5, 5.41) is 0.887. The number of fused-ring (bicyclic) bond motifs is 3. The maximum atomic E-state index is 13.1. The van der Waals surface area contributed by atoms with Gasteiger partial charge in [0.1, 0.15) is 11.6 Å². The second kappa shape index (κ2) is 5.83. The molecule has 4 rings (SSSR count). The van der Waals surface area contributed by atoms with Gasteiger partial charge in [0.15, 0.2) is 5.65 Å². The van der Waals surface area contributed by atoms with Crippen molar-refractivity contribution in [1.29, 1.82) is 0 Å². The Morgan fingerprint density at radius 2 is 1.96 bits per heavy atom. The average Bonchev–Trinajstić information content (AvgIpc) is 2.98. The molecular weight excluding hydrogens is 362 g/mol. The molecule has 3 heterocycles. The van der Waals surface area contributed by atoms with Crippen LogP contribution < -0.4 is 5.56 Å². The van der Waals surface area contributed by atoms with Crippen molar-refractivity contribution in [2.24, 2.45) is 0 Å². The summed E-state index contributed by atoms with van der Waals surface area (Å²) < 4.78 is 14.9. The van der Waals surface area contributed by atoms with E-state index < -0.39 is 11.2 Å². The fourth-order valence-electron chi connectivity index (χ4n) is 2.72. The quantitative estimate of drug-likeness (QED) is 0.396. The van der Waals surface area contributed by atoms with Gasteiger partial charge in [-0.15, -0.1) is 0 Å². The number of hydrogen-bond donors (Lipinski definition) is 0. The van der Waals surface area contributed by atoms with E-state index in [9.17, 15) is 9.35 Å². The lowest BCUT2D eigenvalue weighted by Gasteiger charge is -2.12. The van der Waals surface area contributed by atoms with E-state index >= 15 is 0 Å². The summed E-state index contributed by atoms with van der Waals surface area (Å²) in [5.74, 6) is 0.384. The predicted octanol–water partition coefficient (Wildman–Crippen LogP) is 2.13. The van der Waals surface area contributed by atoms with Gasteiger partial charge in [-0.25, -0.2) is 9.55 Å². The van der Waals surface area contributed by atoms with Gasteiger partial charge in [-0.2, -0.15) is 9.97 Å². The standard InChI is InChI=1S/C16H12ClN5O2S/c1-9-7-19-16-21(9)13-10(8-18-15(20-13)25(2)24)14(23)22(16)12-6-4-3-5-11(12)17/h3-8H,1-2H3. The summed E-state index contributed by atoms with van der Waals surface area (Å²) in [6, 6.07) is 7.04. The highest BCUT2D eigenvalue weighted by Gasteiger charge is 2.20. The molecule has 25 heavy (non-hydrogen) atoms. The zero-order chi connectivity index (χ0) is 17.7. The zero-order valence-electron chi connectivity index (χ0n) is 13.3. The minimum atomic E-state index is -1.36. The van der Waals surface area contributed by atoms with Crippen LogP contribution in [0.1, 0.15) is 5.69 Å². The first kappa shape index (κ1) is 16.1. The summed E-state index contributed by atoms with van der Waals surface area (Å²) in [6.07, 6.45) is 4.53. The van der Waals surface area contributed by atoms with Crippen LogP contribution >= 0.6 is 11.6 Å². The molecule has 0 spiro atoms. The first-order valence-corrected chi connectivity index (χ1v) is 9.27. The van der Waals surface area contributed by atoms with Crippen LogP contribution in [-0.4, -0.2) is 34.7 Å². The molecule has 0 saturated carbocycles. The van der Waals surface area contributed by atoms with Crippen LogP contribution in [0.25, 0.3) is 22.5 Å². The molecule has 9 heteroatoms. The largest absolute Gasteiger partial charge is 0.609 e. The molecule has 1 unspecified atom stereocenters. The lowest BCUT2D eigenvalue weighted by molar-refractivity contribution is 0.592. The van der Waals surface area contributed by atoms with Crippen molar-refractivity contribution < 1.29 is 4.55 Å². The van der Waals surface area contributed by atoms with Gasteiger partial charge >= 0.3 is 5.16 Å². The van der Waals surface area contributed by atoms with Gasteiger partial charge in [-0.05, 0) is 19.1 Å². The molecule has 0 N–H and O–H groups in total. The molecule has 126 valence electrons. The number of aryl methyl sites for hydroxylation is 1. The Labute approximate surface area is 150 Å². The fourth-order valence-corrected chi connectivity index (χ4v) is 3.36. The number of hydrogen-bond acceptors (Lipinski definition) is 5. The lowest BCUT2D eigenvalue weighted by Crippen LogP contribution is -2.23. The van der Waals surface area contributed by atoms with E-state index in [0.717, 1.165) is 5.69 Å². The van der Waals surface area contributed by atoms with Crippen molar-refractivity contribution in [3.05, 3.63) is 57.7 Å². The molecule has 7 nitrogen and oxygen atoms in total. The van der Waals surface area contributed by atoms with Crippen LogP contribution in [0.3, 0.4) is 0 Å². The summed E-state index contributed by atoms with van der Waals surface area (Å²) in [5.41, 5.74) is 1.34. The second-order valence-corrected chi connectivity index (χ2v) is 7.15. The lowest BCUT2D eigenvalue weighted by atomic mass is 10.3. The number of nitrogens with zero attached hydrogens (tertiary/aromatic N) is 5. The first-order valence-electron chi connectivity index (χ1n) is 7.33. The summed E-state index contributed by atoms with van der Waals surface area (Å²) in [4.78, 5) is 25.8. The Morgan fingerprint density at radius 1 is 1.20 bits per heavy atom. The van der Waals surface area contributed by atoms with Crippen molar-refractivity contribution in [3.8, 4) is 5.69 Å². The van der Waals surface area contributed by atoms with Gasteiger partial charge in [-0.1, -0.05) is 23.7 Å². The van der Waals surface area contributed by atoms with Crippen molar-refractivity contribution in [1.82, 2.24) is 23.9 Å². The third kappa shape index (κ3) is 2.41. The van der Waals surface area contributed by atoms with Crippen LogP contribution in [0.5, 0.6) is 0 Å². The SMILES string of the molecule is Cc1cnc2n(-c3ccccc3Cl)c(=O)c3cnc([S+](C)[O-])nc3n12. The van der Waals surface area contributed by atoms with Crippen LogP contribution in [0.4, 0.5) is 0 Å². The number of halogens is 1. The minimum Gasteiger partial charge on any atom is -0.609 e. The number of aromatic nitrogens is 5. The summed E-state index contributed by atoms with van der Waals surface area (Å²) in [6.45, 7) is 1.85. The number of rotatable bonds is 2. The Morgan fingerprint density at radius 3 is 2.68 bits per heavy atom. The molecule has 1 aromatic carbocycles. The second-order valence-electron chi connectivity index (χ2n) is 5.47. The van der Waals surface area contributed by atoms with Crippen LogP contribution in [0.15, 0.2) is 46.6 Å². The first-order chi connectivity index (χ1) is 12.0. The molecular formula is C16H12ClN5O2S. The monoisotopic (exact) mass is 373 g/mol. The van der Waals surface area contributed by atoms with Crippen LogP contribution in [0.2, 0.25) is 5.02 Å². The third-order valence-corrected chi connectivity index (χ3v) is 4.89. The maximum Gasteiger partial charge on any atom is 0.344 e. The molecule has 3 aromatic heterocycles. The molecule has 0 aliphatic heterocycles. The Hall–Kier alpha value is -2.42. The zero-order valence-corrected chi connectivity index (χ0v) is 14.9. The predicted molar refractivity (Wildman–Crippen MR) is 96.0 cm³/mol. The average molecular weight is 374 g/mol. The number of benzene rings is 1. The van der Waals surface area contributed by atoms with Crippen molar-refractivity contribution in [3.63, 3.8) is 0 Å². The van der Waals surface area contributed by atoms with Crippen molar-refractivity contribution >= 4 is 39.6 Å². The van der Waals surface area contributed by atoms with Crippen LogP contribution in [0, 0.1) is 6.92 Å². The molecule has 0 fully saturated rings. The van der Waals surface area contributed by atoms with Gasteiger partial charge in [0.25, 0.3) is 5.56 Å². The fraction of sp³-hybridized carbons (Fsp3) is 0.125. The van der Waals surface area contributed by atoms with E-state index in [4.69, 9.17) is 11.6 Å². The van der Waals surface area contributed by atoms with Gasteiger partial charge in [0, 0.05) is 16.9 Å². The van der Waals surface area contributed by atoms with Crippen LogP contribution in [-0.2, 0) is 11.2 Å². The Bertz CT molecular complexity index is 1180. The topological polar surface area (TPSA) is 88.1 Å². The summed E-state index contributed by atoms with van der Waals surface area (Å²) in [7, 11) is 0. The molecule has 0 amide bonds. The molecule has 0 saturated heterocycles. The van der Waals surface area contributed by atoms with Crippen molar-refractivity contribution in [2.45, 2.75) is 12.1 Å². The molecule has 4 aromatic rings. The Kier molecular flexibility index (Phi) is 3.75. The smallest absolute Gasteiger partial charge is 0.344 e. The number of imidazole rings is 1. The maximum absolute atomic E-state index is 13.1. The van der Waals surface area contributed by atoms with Gasteiger partial charge in [0.2, 0.25) is 5.78 Å². The third-order valence-electron chi connectivity index (χ3n) is 3.86. The number of para-hydroxylation sites is 1. The van der Waals surface area contributed by atoms with E-state index in [-0.39, 0.29) is 10.7 Å². The molecule has 0 aliphatic carbocycles. The highest BCUT2D eigenvalue weighted by molar-refractivity contribution is 7.90. The van der Waals surface area contributed by atoms with Gasteiger partial charge < -0.3 is 4.55 Å². The highest BCUT2D eigenvalue weighted by atomic mass is 35.5. The van der Waals surface area contributed by atoms with E-state index in [2.05, 4.69) is 15.0 Å². The van der Waals surface area contributed by atoms with Gasteiger partial charge in [-0.3, -0.25) is 9.20 Å². The minimum absolute atomic E-state index is 0.164. The van der Waals surface area contributed by atoms with Gasteiger partial charge in [0.05, 0.1) is 23.1 Å². The molecule has 0 bridgehead atoms. The summed E-state index contributed by atoms with van der Waals surface area (Å²) >= 11 is 4.93. The van der Waals surface area contributed by atoms with E-state index in [1.54, 1.807) is 34.9 Å². The molecule has 0 radical (unpaired) electrons. The molecule has 1 atom stereocenters. The Balaban J connectivity index is 2.22. The normalized spacial score (nSPS) is 12.8. The van der Waals surface area contributed by atoms with Crippen molar-refractivity contribution in [2.75, 3.05) is 6.26 Å². The van der Waals surface area contributed by atoms with E-state index in [1.165, 1.54) is 17.0 Å². The molecule has 0 aliphatic rings. The van der Waals surface area contributed by atoms with E-state index in [1.807, 2.05) is 6.92 Å².